The van der Waals surface area contributed by atoms with Gasteiger partial charge < -0.3 is 0 Å². The van der Waals surface area contributed by atoms with Crippen molar-refractivity contribution >= 4 is 17.5 Å². The Hall–Kier alpha value is -1.17. The number of hydrogen-bond acceptors (Lipinski definition) is 5. The summed E-state index contributed by atoms with van der Waals surface area (Å²) in [4.78, 5) is 12.9. The van der Waals surface area contributed by atoms with E-state index in [0.29, 0.717) is 10.9 Å². The highest BCUT2D eigenvalue weighted by atomic mass is 32.2. The summed E-state index contributed by atoms with van der Waals surface area (Å²) in [6, 6.07) is 0. The molecule has 0 saturated heterocycles. The molecule has 120 valence electrons. The number of aromatic nitrogens is 3. The zero-order valence-electron chi connectivity index (χ0n) is 13.3. The summed E-state index contributed by atoms with van der Waals surface area (Å²) in [5, 5.41) is 13.8. The Morgan fingerprint density at radius 2 is 1.73 bits per heavy atom. The second-order valence-electron chi connectivity index (χ2n) is 6.25. The quantitative estimate of drug-likeness (QED) is 0.799. The summed E-state index contributed by atoms with van der Waals surface area (Å²) in [6.45, 7) is 0. The van der Waals surface area contributed by atoms with Crippen molar-refractivity contribution in [1.29, 1.82) is 0 Å². The van der Waals surface area contributed by atoms with Crippen LogP contribution in [0.1, 0.15) is 75.8 Å². The molecule has 1 heterocycles. The largest absolute Gasteiger partial charge is 0.297 e. The normalized spacial score (nSPS) is 20.1. The molecule has 2 aliphatic rings. The topological polar surface area (TPSA) is 60.1 Å². The molecule has 0 bridgehead atoms. The van der Waals surface area contributed by atoms with Gasteiger partial charge in [0, 0.05) is 11.6 Å². The van der Waals surface area contributed by atoms with E-state index in [-0.39, 0.29) is 11.5 Å². The van der Waals surface area contributed by atoms with Crippen LogP contribution in [0.5, 0.6) is 0 Å². The third-order valence-corrected chi connectivity index (χ3v) is 5.30. The lowest BCUT2D eigenvalue weighted by Gasteiger charge is -2.20. The Labute approximate surface area is 135 Å². The van der Waals surface area contributed by atoms with Crippen LogP contribution in [-0.4, -0.2) is 26.8 Å². The molecule has 0 amide bonds. The van der Waals surface area contributed by atoms with E-state index in [1.807, 2.05) is 6.26 Å². The van der Waals surface area contributed by atoms with E-state index in [1.165, 1.54) is 55.0 Å². The predicted molar refractivity (Wildman–Crippen MR) is 89.8 cm³/mol. The molecule has 2 fully saturated rings. The van der Waals surface area contributed by atoms with Gasteiger partial charge in [0.15, 0.2) is 0 Å². The lowest BCUT2D eigenvalue weighted by atomic mass is 9.87. The third kappa shape index (κ3) is 3.42. The summed E-state index contributed by atoms with van der Waals surface area (Å²) in [5.74, 6) is 0.266. The summed E-state index contributed by atoms with van der Waals surface area (Å²) in [5.41, 5.74) is 1.70. The first-order valence-corrected chi connectivity index (χ1v) is 9.62. The number of nitrogens with zero attached hydrogens (tertiary/aromatic N) is 4. The summed E-state index contributed by atoms with van der Waals surface area (Å²) in [7, 11) is 0. The molecule has 0 aromatic carbocycles. The second-order valence-corrected chi connectivity index (χ2v) is 7.02. The summed E-state index contributed by atoms with van der Waals surface area (Å²) >= 11 is 1.44. The van der Waals surface area contributed by atoms with Crippen molar-refractivity contribution in [1.82, 2.24) is 14.9 Å². The van der Waals surface area contributed by atoms with E-state index in [4.69, 9.17) is 0 Å². The van der Waals surface area contributed by atoms with Crippen LogP contribution in [0.4, 0.5) is 0 Å². The Morgan fingerprint density at radius 3 is 2.41 bits per heavy atom. The van der Waals surface area contributed by atoms with Gasteiger partial charge in [-0.05, 0) is 44.8 Å². The van der Waals surface area contributed by atoms with Gasteiger partial charge in [-0.3, -0.25) is 4.79 Å². The van der Waals surface area contributed by atoms with Crippen molar-refractivity contribution < 1.29 is 0 Å². The van der Waals surface area contributed by atoms with E-state index in [1.54, 1.807) is 0 Å². The molecule has 0 N–H and O–H groups in total. The highest BCUT2D eigenvalue weighted by molar-refractivity contribution is 7.98. The predicted octanol–water partition coefficient (Wildman–Crippen LogP) is 3.58. The van der Waals surface area contributed by atoms with E-state index in [9.17, 15) is 4.79 Å². The van der Waals surface area contributed by atoms with Crippen molar-refractivity contribution in [2.24, 2.45) is 5.10 Å². The maximum atomic E-state index is 12.9. The SMILES string of the molecule is CSc1nnc(C2CCCCC2)c(=O)n1N=C1CCCCC1. The fourth-order valence-electron chi connectivity index (χ4n) is 3.43. The maximum Gasteiger partial charge on any atom is 0.297 e. The molecule has 1 aromatic rings. The lowest BCUT2D eigenvalue weighted by Crippen LogP contribution is -2.29. The van der Waals surface area contributed by atoms with Gasteiger partial charge in [0.25, 0.3) is 5.56 Å². The van der Waals surface area contributed by atoms with Crippen LogP contribution in [0.2, 0.25) is 0 Å². The van der Waals surface area contributed by atoms with E-state index < -0.39 is 0 Å². The highest BCUT2D eigenvalue weighted by Gasteiger charge is 2.23. The van der Waals surface area contributed by atoms with Gasteiger partial charge in [-0.15, -0.1) is 10.2 Å². The number of hydrogen-bond donors (Lipinski definition) is 0. The molecule has 3 rings (SSSR count). The second kappa shape index (κ2) is 7.40. The Balaban J connectivity index is 1.97. The lowest BCUT2D eigenvalue weighted by molar-refractivity contribution is 0.422. The van der Waals surface area contributed by atoms with Crippen LogP contribution in [0, 0.1) is 0 Å². The van der Waals surface area contributed by atoms with Gasteiger partial charge in [0.2, 0.25) is 5.16 Å². The van der Waals surface area contributed by atoms with E-state index in [0.717, 1.165) is 31.4 Å². The van der Waals surface area contributed by atoms with Crippen molar-refractivity contribution in [2.75, 3.05) is 6.26 Å². The molecule has 0 spiro atoms. The van der Waals surface area contributed by atoms with Crippen LogP contribution >= 0.6 is 11.8 Å². The molecule has 0 unspecified atom stereocenters. The Morgan fingerprint density at radius 1 is 1.05 bits per heavy atom. The molecule has 6 heteroatoms. The standard InChI is InChI=1S/C16H24N4OS/c1-22-16-18-17-14(12-8-4-2-5-9-12)15(21)20(16)19-13-10-6-3-7-11-13/h12H,2-11H2,1H3. The van der Waals surface area contributed by atoms with E-state index >= 15 is 0 Å². The summed E-state index contributed by atoms with van der Waals surface area (Å²) in [6.07, 6.45) is 13.3. The molecule has 5 nitrogen and oxygen atoms in total. The molecule has 0 aliphatic heterocycles. The fraction of sp³-hybridized carbons (Fsp3) is 0.750. The first-order chi connectivity index (χ1) is 10.8. The first kappa shape index (κ1) is 15.7. The minimum absolute atomic E-state index is 0.0516. The van der Waals surface area contributed by atoms with Gasteiger partial charge in [-0.2, -0.15) is 9.78 Å². The zero-order chi connectivity index (χ0) is 15.4. The number of rotatable bonds is 3. The van der Waals surface area contributed by atoms with Crippen molar-refractivity contribution in [3.05, 3.63) is 16.0 Å². The van der Waals surface area contributed by atoms with Crippen LogP contribution in [0.15, 0.2) is 15.1 Å². The monoisotopic (exact) mass is 320 g/mol. The Kier molecular flexibility index (Phi) is 5.28. The van der Waals surface area contributed by atoms with Crippen molar-refractivity contribution in [3.8, 4) is 0 Å². The van der Waals surface area contributed by atoms with Gasteiger partial charge in [-0.25, -0.2) is 0 Å². The third-order valence-electron chi connectivity index (χ3n) is 4.68. The molecule has 0 atom stereocenters. The van der Waals surface area contributed by atoms with Crippen molar-refractivity contribution in [3.63, 3.8) is 0 Å². The first-order valence-electron chi connectivity index (χ1n) is 8.40. The summed E-state index contributed by atoms with van der Waals surface area (Å²) < 4.78 is 1.52. The minimum atomic E-state index is -0.0516. The van der Waals surface area contributed by atoms with E-state index in [2.05, 4.69) is 15.3 Å². The molecular formula is C16H24N4OS. The Bertz CT molecular complexity index is 597. The van der Waals surface area contributed by atoms with Gasteiger partial charge in [0.1, 0.15) is 5.69 Å². The minimum Gasteiger partial charge on any atom is -0.265 e. The van der Waals surface area contributed by atoms with Crippen LogP contribution in [-0.2, 0) is 0 Å². The van der Waals surface area contributed by atoms with Crippen molar-refractivity contribution in [2.45, 2.75) is 75.3 Å². The van der Waals surface area contributed by atoms with Gasteiger partial charge in [-0.1, -0.05) is 37.4 Å². The molecule has 0 radical (unpaired) electrons. The van der Waals surface area contributed by atoms with Crippen LogP contribution < -0.4 is 5.56 Å². The molecule has 2 aliphatic carbocycles. The van der Waals surface area contributed by atoms with Crippen LogP contribution in [0.25, 0.3) is 0 Å². The zero-order valence-corrected chi connectivity index (χ0v) is 14.1. The smallest absolute Gasteiger partial charge is 0.265 e. The molecule has 22 heavy (non-hydrogen) atoms. The average Bonchev–Trinajstić information content (AvgIpc) is 2.58. The fourth-order valence-corrected chi connectivity index (χ4v) is 3.85. The number of thioether (sulfide) groups is 1. The molecular weight excluding hydrogens is 296 g/mol. The highest BCUT2D eigenvalue weighted by Crippen LogP contribution is 2.30. The van der Waals surface area contributed by atoms with Crippen LogP contribution in [0.3, 0.4) is 0 Å². The van der Waals surface area contributed by atoms with Gasteiger partial charge in [0.05, 0.1) is 0 Å². The molecule has 2 saturated carbocycles. The molecule has 1 aromatic heterocycles. The average molecular weight is 320 g/mol. The maximum absolute atomic E-state index is 12.9. The van der Waals surface area contributed by atoms with Gasteiger partial charge >= 0.3 is 0 Å².